The number of allylic oxidation sites excluding steroid dienone is 6. The first-order valence-electron chi connectivity index (χ1n) is 25.9. The Morgan fingerprint density at radius 2 is 1.25 bits per heavy atom. The summed E-state index contributed by atoms with van der Waals surface area (Å²) in [6, 6.07) is 42.1. The minimum Gasteiger partial charge on any atom is -0.334 e. The number of rotatable bonds is 17. The maximum atomic E-state index is 10.6. The van der Waals surface area contributed by atoms with Gasteiger partial charge in [-0.25, -0.2) is 0 Å². The van der Waals surface area contributed by atoms with Crippen molar-refractivity contribution in [1.29, 1.82) is 0 Å². The SMILES string of the molecule is [2H]c1c([2H])c(N(c2c([2H])c([2H])c3c(c2[2H])C(c2ccccc2)(c2ccccc2)c2ccccc2-3)C2C=CC(c3ccc(CCC=C)c(CCC=C)c3)=CC2)c([2H])c([2H])c1/C(=C\c1ccccc1)CCC=C. The van der Waals surface area contributed by atoms with E-state index < -0.39 is 11.5 Å². The van der Waals surface area contributed by atoms with Crippen LogP contribution in [0.2, 0.25) is 0 Å². The number of anilines is 2. The van der Waals surface area contributed by atoms with Gasteiger partial charge in [-0.15, -0.1) is 19.7 Å². The lowest BCUT2D eigenvalue weighted by Crippen LogP contribution is -2.31. The van der Waals surface area contributed by atoms with Crippen molar-refractivity contribution in [3.63, 3.8) is 0 Å². The van der Waals surface area contributed by atoms with Gasteiger partial charge in [0.1, 0.15) is 0 Å². The highest BCUT2D eigenvalue weighted by atomic mass is 15.2. The third kappa shape index (κ3) is 8.35. The van der Waals surface area contributed by atoms with Crippen molar-refractivity contribution in [3.05, 3.63) is 282 Å². The number of nitrogens with zero attached hydrogens (tertiary/aromatic N) is 1. The molecule has 1 heteroatoms. The molecule has 64 heavy (non-hydrogen) atoms. The number of hydrogen-bond donors (Lipinski definition) is 0. The zero-order valence-corrected chi connectivity index (χ0v) is 36.3. The largest absolute Gasteiger partial charge is 0.334 e. The average molecular weight is 835 g/mol. The number of fused-ring (bicyclic) bond motifs is 3. The Morgan fingerprint density at radius 1 is 0.625 bits per heavy atom. The molecule has 0 bridgehead atoms. The molecule has 0 radical (unpaired) electrons. The molecule has 9 rings (SSSR count). The van der Waals surface area contributed by atoms with E-state index in [0.717, 1.165) is 64.6 Å². The quantitative estimate of drug-likeness (QED) is 0.0652. The first-order valence-corrected chi connectivity index (χ1v) is 22.4. The van der Waals surface area contributed by atoms with Crippen LogP contribution in [0.5, 0.6) is 0 Å². The van der Waals surface area contributed by atoms with Crippen LogP contribution in [-0.2, 0) is 18.3 Å². The van der Waals surface area contributed by atoms with Gasteiger partial charge in [0.15, 0.2) is 0 Å². The molecule has 0 saturated carbocycles. The second-order valence-electron chi connectivity index (χ2n) is 16.5. The van der Waals surface area contributed by atoms with E-state index in [9.17, 15) is 9.60 Å². The standard InChI is InChI=1S/C63H57N/c1-4-7-23-48-32-33-53(45-52(48)25-9-6-3)50-36-40-57(41-37-50)64(56-38-34-49(35-39-56)51(24-8-5-2)44-47-21-13-10-14-22-47)58-42-43-60-59-30-19-20-31-61(59)63(62(60)46-58,54-26-15-11-16-27-54)55-28-17-12-18-29-55/h4-6,10-22,26-40,42-46,57H,1-3,7-9,23-25,41H2/b51-44-/i34D,35D,38D,39D,42D,43D,46D. The van der Waals surface area contributed by atoms with Crippen molar-refractivity contribution in [3.8, 4) is 11.1 Å². The number of hydrogen-bond acceptors (Lipinski definition) is 1. The zero-order chi connectivity index (χ0) is 49.8. The molecule has 0 fully saturated rings. The summed E-state index contributed by atoms with van der Waals surface area (Å²) in [5.74, 6) is 0. The molecular formula is C63H57N. The Bertz CT molecular complexity index is 3190. The molecule has 0 saturated heterocycles. The van der Waals surface area contributed by atoms with Crippen LogP contribution in [0.25, 0.3) is 28.3 Å². The van der Waals surface area contributed by atoms with E-state index in [1.165, 1.54) is 11.1 Å². The average Bonchev–Trinajstić information content (AvgIpc) is 3.73. The van der Waals surface area contributed by atoms with Crippen molar-refractivity contribution in [2.75, 3.05) is 4.90 Å². The molecule has 1 atom stereocenters. The van der Waals surface area contributed by atoms with Crippen molar-refractivity contribution in [1.82, 2.24) is 0 Å². The Morgan fingerprint density at radius 3 is 1.91 bits per heavy atom. The minimum absolute atomic E-state index is 0.0216. The van der Waals surface area contributed by atoms with E-state index in [1.807, 2.05) is 140 Å². The maximum absolute atomic E-state index is 10.6. The van der Waals surface area contributed by atoms with Crippen LogP contribution in [-0.4, -0.2) is 6.04 Å². The lowest BCUT2D eigenvalue weighted by Gasteiger charge is -2.36. The second-order valence-corrected chi connectivity index (χ2v) is 16.5. The molecule has 0 heterocycles. The first-order chi connectivity index (χ1) is 34.6. The second kappa shape index (κ2) is 19.4. The fourth-order valence-electron chi connectivity index (χ4n) is 9.43. The molecule has 0 aliphatic heterocycles. The molecule has 0 spiro atoms. The first kappa shape index (κ1) is 34.3. The van der Waals surface area contributed by atoms with Crippen LogP contribution >= 0.6 is 0 Å². The molecule has 314 valence electrons. The van der Waals surface area contributed by atoms with E-state index in [0.29, 0.717) is 36.0 Å². The molecule has 1 nitrogen and oxygen atoms in total. The van der Waals surface area contributed by atoms with Gasteiger partial charge in [-0.2, -0.15) is 0 Å². The molecule has 1 unspecified atom stereocenters. The van der Waals surface area contributed by atoms with Gasteiger partial charge in [-0.05, 0) is 141 Å². The van der Waals surface area contributed by atoms with E-state index in [1.54, 1.807) is 11.0 Å². The van der Waals surface area contributed by atoms with Gasteiger partial charge in [-0.1, -0.05) is 194 Å². The van der Waals surface area contributed by atoms with E-state index in [4.69, 9.17) is 0 Å². The Kier molecular flexibility index (Phi) is 10.4. The van der Waals surface area contributed by atoms with Gasteiger partial charge in [0, 0.05) is 11.4 Å². The van der Waals surface area contributed by atoms with Crippen LogP contribution in [0.1, 0.15) is 91.8 Å². The zero-order valence-electron chi connectivity index (χ0n) is 43.3. The van der Waals surface area contributed by atoms with E-state index >= 15 is 0 Å². The fraction of sp³-hybridized carbons (Fsp3) is 0.143. The Hall–Kier alpha value is -7.22. The lowest BCUT2D eigenvalue weighted by atomic mass is 9.67. The summed E-state index contributed by atoms with van der Waals surface area (Å²) in [5, 5.41) is 0. The minimum atomic E-state index is -1.09. The van der Waals surface area contributed by atoms with Crippen molar-refractivity contribution < 1.29 is 9.60 Å². The highest BCUT2D eigenvalue weighted by molar-refractivity contribution is 5.89. The predicted octanol–water partition coefficient (Wildman–Crippen LogP) is 16.3. The summed E-state index contributed by atoms with van der Waals surface area (Å²) >= 11 is 0. The van der Waals surface area contributed by atoms with Gasteiger partial charge in [-0.3, -0.25) is 0 Å². The van der Waals surface area contributed by atoms with Gasteiger partial charge >= 0.3 is 0 Å². The molecule has 0 amide bonds. The third-order valence-corrected chi connectivity index (χ3v) is 12.5. The van der Waals surface area contributed by atoms with Crippen LogP contribution in [0.3, 0.4) is 0 Å². The van der Waals surface area contributed by atoms with E-state index in [-0.39, 0.29) is 59.2 Å². The van der Waals surface area contributed by atoms with Gasteiger partial charge in [0.2, 0.25) is 0 Å². The summed E-state index contributed by atoms with van der Waals surface area (Å²) in [5.41, 5.74) is 9.59. The van der Waals surface area contributed by atoms with Gasteiger partial charge < -0.3 is 4.90 Å². The van der Waals surface area contributed by atoms with Crippen molar-refractivity contribution in [2.24, 2.45) is 0 Å². The summed E-state index contributed by atoms with van der Waals surface area (Å²) < 4.78 is 70.0. The predicted molar refractivity (Wildman–Crippen MR) is 275 cm³/mol. The van der Waals surface area contributed by atoms with Crippen LogP contribution in [0.4, 0.5) is 11.4 Å². The van der Waals surface area contributed by atoms with Crippen molar-refractivity contribution in [2.45, 2.75) is 56.4 Å². The Balaban J connectivity index is 1.30. The molecule has 2 aliphatic rings. The van der Waals surface area contributed by atoms with Crippen LogP contribution in [0, 0.1) is 0 Å². The smallest absolute Gasteiger partial charge is 0.0714 e. The normalized spacial score (nSPS) is 16.4. The monoisotopic (exact) mass is 834 g/mol. The lowest BCUT2D eigenvalue weighted by molar-refractivity contribution is 0.761. The van der Waals surface area contributed by atoms with Crippen LogP contribution < -0.4 is 4.90 Å². The highest BCUT2D eigenvalue weighted by Gasteiger charge is 2.46. The maximum Gasteiger partial charge on any atom is 0.0714 e. The Labute approximate surface area is 391 Å². The molecule has 0 aromatic heterocycles. The number of benzene rings is 7. The van der Waals surface area contributed by atoms with Crippen LogP contribution in [0.15, 0.2) is 232 Å². The third-order valence-electron chi connectivity index (χ3n) is 12.5. The summed E-state index contributed by atoms with van der Waals surface area (Å²) in [4.78, 5) is 1.67. The van der Waals surface area contributed by atoms with E-state index in [2.05, 4.69) is 50.1 Å². The van der Waals surface area contributed by atoms with Gasteiger partial charge in [0.05, 0.1) is 21.1 Å². The molecular weight excluding hydrogens is 771 g/mol. The molecule has 7 aromatic rings. The van der Waals surface area contributed by atoms with Gasteiger partial charge in [0.25, 0.3) is 0 Å². The summed E-state index contributed by atoms with van der Waals surface area (Å²) in [7, 11) is 0. The summed E-state index contributed by atoms with van der Waals surface area (Å²) in [6.45, 7) is 11.8. The van der Waals surface area contributed by atoms with Crippen molar-refractivity contribution >= 4 is 28.6 Å². The molecule has 2 aliphatic carbocycles. The molecule has 7 aromatic carbocycles. The topological polar surface area (TPSA) is 3.24 Å². The summed E-state index contributed by atoms with van der Waals surface area (Å²) in [6.07, 6.45) is 18.5. The molecule has 0 N–H and O–H groups in total. The fourth-order valence-corrected chi connectivity index (χ4v) is 9.43. The number of aryl methyl sites for hydroxylation is 2. The highest BCUT2D eigenvalue weighted by Crippen LogP contribution is 2.57.